The Kier molecular flexibility index (Phi) is 3.09. The molecule has 3 aliphatic heterocycles. The van der Waals surface area contributed by atoms with Crippen LogP contribution in [0.2, 0.25) is 0 Å². The summed E-state index contributed by atoms with van der Waals surface area (Å²) in [6, 6.07) is 0.314. The molecule has 1 unspecified atom stereocenters. The Hall–Kier alpha value is -1.36. The number of piperidine rings is 3. The molecule has 4 rings (SSSR count). The highest BCUT2D eigenvalue weighted by molar-refractivity contribution is 5.96. The molecule has 5 heteroatoms. The molecule has 1 amide bonds. The van der Waals surface area contributed by atoms with Crippen molar-refractivity contribution in [3.63, 3.8) is 0 Å². The summed E-state index contributed by atoms with van der Waals surface area (Å²) in [5.74, 6) is 0.702. The fraction of sp³-hybridized carbons (Fsp3) is 0.714. The molecule has 0 aliphatic carbocycles. The molecule has 3 saturated heterocycles. The Labute approximate surface area is 114 Å². The zero-order chi connectivity index (χ0) is 13.6. The minimum absolute atomic E-state index is 0.0434. The zero-order valence-electron chi connectivity index (χ0n) is 11.9. The van der Waals surface area contributed by atoms with Crippen LogP contribution in [0.3, 0.4) is 0 Å². The second-order valence-electron chi connectivity index (χ2n) is 5.89. The number of nitrogens with one attached hydrogen (secondary N) is 1. The monoisotopic (exact) mass is 262 g/mol. The van der Waals surface area contributed by atoms with Gasteiger partial charge in [0.2, 0.25) is 0 Å². The van der Waals surface area contributed by atoms with Gasteiger partial charge in [0, 0.05) is 25.3 Å². The molecule has 3 aliphatic rings. The van der Waals surface area contributed by atoms with Gasteiger partial charge in [0.05, 0.1) is 11.3 Å². The summed E-state index contributed by atoms with van der Waals surface area (Å²) >= 11 is 0. The lowest BCUT2D eigenvalue weighted by Gasteiger charge is -2.44. The Bertz CT molecular complexity index is 500. The molecule has 19 heavy (non-hydrogen) atoms. The van der Waals surface area contributed by atoms with Gasteiger partial charge in [0.25, 0.3) is 5.91 Å². The van der Waals surface area contributed by atoms with Gasteiger partial charge in [0.15, 0.2) is 0 Å². The average molecular weight is 262 g/mol. The normalized spacial score (nSPS) is 29.5. The average Bonchev–Trinajstić information content (AvgIpc) is 2.64. The van der Waals surface area contributed by atoms with Gasteiger partial charge in [0.1, 0.15) is 0 Å². The Morgan fingerprint density at radius 2 is 2.00 bits per heavy atom. The highest BCUT2D eigenvalue weighted by Crippen LogP contribution is 2.27. The zero-order valence-corrected chi connectivity index (χ0v) is 11.9. The predicted octanol–water partition coefficient (Wildman–Crippen LogP) is 0.861. The first-order valence-corrected chi connectivity index (χ1v) is 7.09. The van der Waals surface area contributed by atoms with Gasteiger partial charge in [-0.25, -0.2) is 0 Å². The molecule has 1 aromatic heterocycles. The number of aryl methyl sites for hydroxylation is 2. The van der Waals surface area contributed by atoms with Gasteiger partial charge in [-0.2, -0.15) is 5.10 Å². The maximum Gasteiger partial charge on any atom is 0.255 e. The van der Waals surface area contributed by atoms with Gasteiger partial charge < -0.3 is 10.2 Å². The number of hydrogen-bond donors (Lipinski definition) is 1. The van der Waals surface area contributed by atoms with Crippen LogP contribution in [0.25, 0.3) is 0 Å². The van der Waals surface area contributed by atoms with Crippen molar-refractivity contribution in [2.24, 2.45) is 13.0 Å². The number of aromatic nitrogens is 2. The van der Waals surface area contributed by atoms with Crippen molar-refractivity contribution in [2.75, 3.05) is 19.6 Å². The van der Waals surface area contributed by atoms with E-state index in [2.05, 4.69) is 15.3 Å². The molecular formula is C14H22N4O. The van der Waals surface area contributed by atoms with Crippen LogP contribution in [0.4, 0.5) is 0 Å². The molecule has 0 spiro atoms. The summed E-state index contributed by atoms with van der Waals surface area (Å²) in [6.07, 6.45) is 2.44. The molecular weight excluding hydrogens is 240 g/mol. The molecule has 1 atom stereocenters. The highest BCUT2D eigenvalue weighted by Gasteiger charge is 2.35. The molecule has 1 N–H and O–H groups in total. The minimum Gasteiger partial charge on any atom is -0.348 e. The lowest BCUT2D eigenvalue weighted by atomic mass is 9.84. The van der Waals surface area contributed by atoms with Crippen molar-refractivity contribution in [3.05, 3.63) is 17.0 Å². The van der Waals surface area contributed by atoms with Crippen molar-refractivity contribution >= 4 is 5.91 Å². The van der Waals surface area contributed by atoms with E-state index in [1.54, 1.807) is 4.68 Å². The van der Waals surface area contributed by atoms with Gasteiger partial charge in [-0.15, -0.1) is 0 Å². The minimum atomic E-state index is 0.0434. The van der Waals surface area contributed by atoms with E-state index in [1.165, 1.54) is 25.9 Å². The highest BCUT2D eigenvalue weighted by atomic mass is 16.1. The van der Waals surface area contributed by atoms with Crippen LogP contribution >= 0.6 is 0 Å². The third-order valence-electron chi connectivity index (χ3n) is 4.71. The summed E-state index contributed by atoms with van der Waals surface area (Å²) in [4.78, 5) is 14.9. The number of carbonyl (C=O) groups is 1. The van der Waals surface area contributed by atoms with E-state index in [0.717, 1.165) is 23.5 Å². The smallest absolute Gasteiger partial charge is 0.255 e. The standard InChI is InChI=1S/C14H22N4O/c1-9-13(10(2)17(3)16-9)14(19)15-12-8-18-6-4-11(12)5-7-18/h11-12H,4-8H2,1-3H3,(H,15,19). The number of amides is 1. The largest absolute Gasteiger partial charge is 0.348 e. The first-order chi connectivity index (χ1) is 9.06. The topological polar surface area (TPSA) is 50.2 Å². The number of hydrogen-bond acceptors (Lipinski definition) is 3. The van der Waals surface area contributed by atoms with Crippen LogP contribution in [0.1, 0.15) is 34.6 Å². The third kappa shape index (κ3) is 2.16. The second kappa shape index (κ2) is 4.63. The molecule has 1 aromatic rings. The first kappa shape index (κ1) is 12.7. The van der Waals surface area contributed by atoms with E-state index in [0.29, 0.717) is 12.0 Å². The van der Waals surface area contributed by atoms with Gasteiger partial charge in [-0.3, -0.25) is 9.48 Å². The molecule has 5 nitrogen and oxygen atoms in total. The summed E-state index contributed by atoms with van der Waals surface area (Å²) in [6.45, 7) is 7.25. The molecule has 4 heterocycles. The number of rotatable bonds is 2. The summed E-state index contributed by atoms with van der Waals surface area (Å²) in [7, 11) is 1.88. The summed E-state index contributed by atoms with van der Waals surface area (Å²) in [5, 5.41) is 7.55. The fourth-order valence-corrected chi connectivity index (χ4v) is 3.47. The predicted molar refractivity (Wildman–Crippen MR) is 73.1 cm³/mol. The summed E-state index contributed by atoms with van der Waals surface area (Å²) < 4.78 is 1.78. The van der Waals surface area contributed by atoms with Crippen molar-refractivity contribution < 1.29 is 4.79 Å². The Morgan fingerprint density at radius 3 is 2.47 bits per heavy atom. The molecule has 0 saturated carbocycles. The SMILES string of the molecule is Cc1nn(C)c(C)c1C(=O)NC1CN2CCC1CC2. The van der Waals surface area contributed by atoms with Crippen molar-refractivity contribution in [1.82, 2.24) is 20.0 Å². The van der Waals surface area contributed by atoms with Gasteiger partial charge in [-0.05, 0) is 45.7 Å². The molecule has 0 aromatic carbocycles. The lowest BCUT2D eigenvalue weighted by Crippen LogP contribution is -2.57. The summed E-state index contributed by atoms with van der Waals surface area (Å²) in [5.41, 5.74) is 2.51. The van der Waals surface area contributed by atoms with Crippen LogP contribution < -0.4 is 5.32 Å². The fourth-order valence-electron chi connectivity index (χ4n) is 3.47. The van der Waals surface area contributed by atoms with E-state index in [9.17, 15) is 4.79 Å². The van der Waals surface area contributed by atoms with E-state index in [4.69, 9.17) is 0 Å². The van der Waals surface area contributed by atoms with Crippen molar-refractivity contribution in [1.29, 1.82) is 0 Å². The van der Waals surface area contributed by atoms with Crippen LogP contribution in [-0.2, 0) is 7.05 Å². The molecule has 2 bridgehead atoms. The van der Waals surface area contributed by atoms with E-state index in [-0.39, 0.29) is 5.91 Å². The Balaban J connectivity index is 1.75. The maximum atomic E-state index is 12.5. The van der Waals surface area contributed by atoms with Gasteiger partial charge >= 0.3 is 0 Å². The Morgan fingerprint density at radius 1 is 1.32 bits per heavy atom. The second-order valence-corrected chi connectivity index (χ2v) is 5.89. The van der Waals surface area contributed by atoms with E-state index in [1.807, 2.05) is 20.9 Å². The van der Waals surface area contributed by atoms with E-state index >= 15 is 0 Å². The quantitative estimate of drug-likeness (QED) is 0.860. The lowest BCUT2D eigenvalue weighted by molar-refractivity contribution is 0.0620. The molecule has 104 valence electrons. The van der Waals surface area contributed by atoms with E-state index < -0.39 is 0 Å². The first-order valence-electron chi connectivity index (χ1n) is 7.09. The third-order valence-corrected chi connectivity index (χ3v) is 4.71. The van der Waals surface area contributed by atoms with Crippen LogP contribution in [0.5, 0.6) is 0 Å². The van der Waals surface area contributed by atoms with Crippen LogP contribution in [0.15, 0.2) is 0 Å². The van der Waals surface area contributed by atoms with Gasteiger partial charge in [-0.1, -0.05) is 0 Å². The number of fused-ring (bicyclic) bond motifs is 3. The van der Waals surface area contributed by atoms with Crippen LogP contribution in [-0.4, -0.2) is 46.3 Å². The van der Waals surface area contributed by atoms with Crippen LogP contribution in [0, 0.1) is 19.8 Å². The maximum absolute atomic E-state index is 12.5. The van der Waals surface area contributed by atoms with Crippen molar-refractivity contribution in [3.8, 4) is 0 Å². The number of carbonyl (C=O) groups excluding carboxylic acids is 1. The number of nitrogens with zero attached hydrogens (tertiary/aromatic N) is 3. The van der Waals surface area contributed by atoms with Crippen molar-refractivity contribution in [2.45, 2.75) is 32.7 Å². The molecule has 0 radical (unpaired) electrons. The molecule has 3 fully saturated rings.